The van der Waals surface area contributed by atoms with Crippen molar-refractivity contribution in [3.63, 3.8) is 0 Å². The lowest BCUT2D eigenvalue weighted by Gasteiger charge is -2.39. The zero-order valence-electron chi connectivity index (χ0n) is 14.7. The third kappa shape index (κ3) is 3.93. The van der Waals surface area contributed by atoms with E-state index in [1.807, 2.05) is 42.5 Å². The smallest absolute Gasteiger partial charge is 0.322 e. The molecule has 0 aliphatic carbocycles. The number of carbonyl (C=O) groups excluding carboxylic acids is 2. The first-order chi connectivity index (χ1) is 11.5. The molecular formula is C20H26O4. The number of methoxy groups -OCH3 is 1. The van der Waals surface area contributed by atoms with Crippen LogP contribution in [0.15, 0.2) is 36.4 Å². The van der Waals surface area contributed by atoms with Crippen LogP contribution in [0.5, 0.6) is 0 Å². The Hall–Kier alpha value is -1.94. The Morgan fingerprint density at radius 1 is 1.38 bits per heavy atom. The second-order valence-corrected chi connectivity index (χ2v) is 6.41. The number of Topliss-reactive ketones (excluding diaryl/α,β-unsaturated/α-hetero) is 1. The normalized spacial score (nSPS) is 27.4. The lowest BCUT2D eigenvalue weighted by Crippen LogP contribution is -2.53. The van der Waals surface area contributed by atoms with Crippen molar-refractivity contribution in [1.82, 2.24) is 0 Å². The first-order valence-electron chi connectivity index (χ1n) is 8.52. The van der Waals surface area contributed by atoms with Crippen LogP contribution in [0.25, 0.3) is 6.08 Å². The highest BCUT2D eigenvalue weighted by atomic mass is 16.5. The van der Waals surface area contributed by atoms with Crippen molar-refractivity contribution in [1.29, 1.82) is 0 Å². The highest BCUT2D eigenvalue weighted by molar-refractivity contribution is 6.05. The molecule has 0 amide bonds. The summed E-state index contributed by atoms with van der Waals surface area (Å²) in [5.41, 5.74) is -0.292. The van der Waals surface area contributed by atoms with Gasteiger partial charge in [0.1, 0.15) is 0 Å². The topological polar surface area (TPSA) is 52.6 Å². The first kappa shape index (κ1) is 18.4. The molecule has 4 heteroatoms. The number of hydrogen-bond acceptors (Lipinski definition) is 4. The van der Waals surface area contributed by atoms with E-state index in [0.29, 0.717) is 0 Å². The van der Waals surface area contributed by atoms with Crippen molar-refractivity contribution in [2.24, 2.45) is 5.41 Å². The summed E-state index contributed by atoms with van der Waals surface area (Å²) in [6.45, 7) is 3.73. The van der Waals surface area contributed by atoms with Gasteiger partial charge in [0.05, 0.1) is 19.3 Å². The largest absolute Gasteiger partial charge is 0.468 e. The molecule has 1 unspecified atom stereocenters. The maximum Gasteiger partial charge on any atom is 0.322 e. The summed E-state index contributed by atoms with van der Waals surface area (Å²) >= 11 is 0. The van der Waals surface area contributed by atoms with Crippen LogP contribution in [-0.2, 0) is 19.1 Å². The van der Waals surface area contributed by atoms with Crippen LogP contribution < -0.4 is 0 Å². The molecule has 0 saturated carbocycles. The number of rotatable bonds is 6. The van der Waals surface area contributed by atoms with Crippen molar-refractivity contribution in [2.45, 2.75) is 51.7 Å². The molecule has 0 radical (unpaired) electrons. The Kier molecular flexibility index (Phi) is 6.32. The van der Waals surface area contributed by atoms with Gasteiger partial charge in [-0.15, -0.1) is 0 Å². The van der Waals surface area contributed by atoms with E-state index in [2.05, 4.69) is 6.92 Å². The van der Waals surface area contributed by atoms with Crippen molar-refractivity contribution in [3.05, 3.63) is 42.0 Å². The Morgan fingerprint density at radius 3 is 2.71 bits per heavy atom. The molecule has 1 aliphatic rings. The van der Waals surface area contributed by atoms with E-state index in [9.17, 15) is 9.59 Å². The third-order valence-electron chi connectivity index (χ3n) is 4.65. The summed E-state index contributed by atoms with van der Waals surface area (Å²) in [4.78, 5) is 25.0. The minimum Gasteiger partial charge on any atom is -0.468 e. The standard InChI is InChI=1S/C20H26O4/c1-4-5-11-16-14-17(21)20(2,19(22)23-3)18(24-16)13-12-15-9-7-6-8-10-15/h6-10,12-13,16,18H,4-5,11,14H2,1-3H3/b13-12+/t16?,18-,20-/m1/s1. The van der Waals surface area contributed by atoms with E-state index >= 15 is 0 Å². The average Bonchev–Trinajstić information content (AvgIpc) is 2.61. The Labute approximate surface area is 143 Å². The summed E-state index contributed by atoms with van der Waals surface area (Å²) in [5, 5.41) is 0. The molecule has 24 heavy (non-hydrogen) atoms. The van der Waals surface area contributed by atoms with E-state index < -0.39 is 17.5 Å². The number of hydrogen-bond donors (Lipinski definition) is 0. The van der Waals surface area contributed by atoms with Gasteiger partial charge in [-0.3, -0.25) is 9.59 Å². The molecule has 4 nitrogen and oxygen atoms in total. The Morgan fingerprint density at radius 2 is 2.08 bits per heavy atom. The zero-order valence-corrected chi connectivity index (χ0v) is 14.7. The molecule has 2 rings (SSSR count). The fourth-order valence-electron chi connectivity index (χ4n) is 3.01. The maximum atomic E-state index is 12.7. The fraction of sp³-hybridized carbons (Fsp3) is 0.500. The summed E-state index contributed by atoms with van der Waals surface area (Å²) in [5.74, 6) is -0.645. The molecule has 1 aromatic carbocycles. The SMILES string of the molecule is CCCCC1CC(=O)[C@@](C)(C(=O)OC)[C@@H](/C=C/c2ccccc2)O1. The van der Waals surface area contributed by atoms with Crippen LogP contribution in [0, 0.1) is 5.41 Å². The number of ether oxygens (including phenoxy) is 2. The second kappa shape index (κ2) is 8.25. The van der Waals surface area contributed by atoms with Gasteiger partial charge in [0.25, 0.3) is 0 Å². The minimum absolute atomic E-state index is 0.107. The monoisotopic (exact) mass is 330 g/mol. The van der Waals surface area contributed by atoms with Crippen LogP contribution in [-0.4, -0.2) is 31.1 Å². The summed E-state index contributed by atoms with van der Waals surface area (Å²) < 4.78 is 11.0. The molecule has 0 N–H and O–H groups in total. The van der Waals surface area contributed by atoms with Crippen molar-refractivity contribution >= 4 is 17.8 Å². The fourth-order valence-corrected chi connectivity index (χ4v) is 3.01. The molecule has 1 aliphatic heterocycles. The van der Waals surface area contributed by atoms with E-state index in [1.54, 1.807) is 6.92 Å². The lowest BCUT2D eigenvalue weighted by molar-refractivity contribution is -0.177. The lowest BCUT2D eigenvalue weighted by atomic mass is 9.75. The molecule has 3 atom stereocenters. The molecule has 0 bridgehead atoms. The number of benzene rings is 1. The summed E-state index contributed by atoms with van der Waals surface area (Å²) in [6.07, 6.45) is 6.09. The van der Waals surface area contributed by atoms with E-state index in [4.69, 9.17) is 9.47 Å². The van der Waals surface area contributed by atoms with Crippen molar-refractivity contribution < 1.29 is 19.1 Å². The van der Waals surface area contributed by atoms with Crippen molar-refractivity contribution in [3.8, 4) is 0 Å². The molecule has 1 heterocycles. The molecular weight excluding hydrogens is 304 g/mol. The van der Waals surface area contributed by atoms with E-state index in [-0.39, 0.29) is 18.3 Å². The molecule has 0 aromatic heterocycles. The number of unbranched alkanes of at least 4 members (excludes halogenated alkanes) is 1. The van der Waals surface area contributed by atoms with Gasteiger partial charge in [0.15, 0.2) is 11.2 Å². The van der Waals surface area contributed by atoms with Gasteiger partial charge < -0.3 is 9.47 Å². The van der Waals surface area contributed by atoms with Crippen LogP contribution >= 0.6 is 0 Å². The van der Waals surface area contributed by atoms with Crippen LogP contribution in [0.4, 0.5) is 0 Å². The predicted molar refractivity (Wildman–Crippen MR) is 93.4 cm³/mol. The zero-order chi connectivity index (χ0) is 17.6. The molecule has 1 fully saturated rings. The van der Waals surface area contributed by atoms with Crippen molar-refractivity contribution in [2.75, 3.05) is 7.11 Å². The Bertz CT molecular complexity index is 593. The number of carbonyl (C=O) groups is 2. The molecule has 0 spiro atoms. The first-order valence-corrected chi connectivity index (χ1v) is 8.52. The van der Waals surface area contributed by atoms with Gasteiger partial charge >= 0.3 is 5.97 Å². The highest BCUT2D eigenvalue weighted by Gasteiger charge is 2.52. The maximum absolute atomic E-state index is 12.7. The average molecular weight is 330 g/mol. The Balaban J connectivity index is 2.26. The summed E-state index contributed by atoms with van der Waals surface area (Å²) in [6, 6.07) is 9.75. The summed E-state index contributed by atoms with van der Waals surface area (Å²) in [7, 11) is 1.31. The highest BCUT2D eigenvalue weighted by Crippen LogP contribution is 2.37. The second-order valence-electron chi connectivity index (χ2n) is 6.41. The molecule has 1 saturated heterocycles. The number of esters is 1. The van der Waals surface area contributed by atoms with Gasteiger partial charge in [0, 0.05) is 6.42 Å². The van der Waals surface area contributed by atoms with Gasteiger partial charge in [-0.25, -0.2) is 0 Å². The third-order valence-corrected chi connectivity index (χ3v) is 4.65. The van der Waals surface area contributed by atoms with Crippen LogP contribution in [0.1, 0.15) is 45.1 Å². The minimum atomic E-state index is -1.29. The van der Waals surface area contributed by atoms with Gasteiger partial charge in [0.2, 0.25) is 0 Å². The van der Waals surface area contributed by atoms with Gasteiger partial charge in [-0.1, -0.05) is 62.2 Å². The van der Waals surface area contributed by atoms with Crippen LogP contribution in [0.2, 0.25) is 0 Å². The molecule has 1 aromatic rings. The quantitative estimate of drug-likeness (QED) is 0.588. The van der Waals surface area contributed by atoms with E-state index in [0.717, 1.165) is 24.8 Å². The van der Waals surface area contributed by atoms with Crippen LogP contribution in [0.3, 0.4) is 0 Å². The van der Waals surface area contributed by atoms with Gasteiger partial charge in [-0.2, -0.15) is 0 Å². The molecule has 130 valence electrons. The van der Waals surface area contributed by atoms with E-state index in [1.165, 1.54) is 7.11 Å². The number of ketones is 1. The van der Waals surface area contributed by atoms with Gasteiger partial charge in [-0.05, 0) is 18.9 Å². The predicted octanol–water partition coefficient (Wildman–Crippen LogP) is 3.80.